The first-order valence-electron chi connectivity index (χ1n) is 3.87. The van der Waals surface area contributed by atoms with Crippen molar-refractivity contribution in [1.29, 1.82) is 0 Å². The fraction of sp³-hybridized carbons (Fsp3) is 0.222. The number of rotatable bonds is 2. The third kappa shape index (κ3) is 1.71. The van der Waals surface area contributed by atoms with Gasteiger partial charge in [-0.3, -0.25) is 4.79 Å². The zero-order valence-electron chi connectivity index (χ0n) is 7.35. The van der Waals surface area contributed by atoms with Crippen LogP contribution in [0, 0.1) is 5.92 Å². The second kappa shape index (κ2) is 3.45. The van der Waals surface area contributed by atoms with Crippen LogP contribution in [0.3, 0.4) is 0 Å². The van der Waals surface area contributed by atoms with Gasteiger partial charge in [-0.05, 0) is 12.2 Å². The Kier molecular flexibility index (Phi) is 2.51. The first-order valence-corrected chi connectivity index (χ1v) is 3.87. The van der Waals surface area contributed by atoms with Gasteiger partial charge in [0.1, 0.15) is 0 Å². The monoisotopic (exact) mass is 196 g/mol. The molecule has 0 bridgehead atoms. The number of aliphatic carboxylic acids is 2. The summed E-state index contributed by atoms with van der Waals surface area (Å²) in [4.78, 5) is 32.3. The highest BCUT2D eigenvalue weighted by atomic mass is 16.4. The van der Waals surface area contributed by atoms with Crippen molar-refractivity contribution in [2.45, 2.75) is 6.92 Å². The molecule has 74 valence electrons. The summed E-state index contributed by atoms with van der Waals surface area (Å²) in [5, 5.41) is 17.3. The van der Waals surface area contributed by atoms with E-state index in [4.69, 9.17) is 10.2 Å². The molecule has 1 aliphatic carbocycles. The molecular weight excluding hydrogens is 188 g/mol. The molecule has 0 aliphatic heterocycles. The summed E-state index contributed by atoms with van der Waals surface area (Å²) in [6.45, 7) is 1.43. The van der Waals surface area contributed by atoms with Gasteiger partial charge in [-0.2, -0.15) is 0 Å². The molecule has 0 amide bonds. The zero-order valence-corrected chi connectivity index (χ0v) is 7.35. The Morgan fingerprint density at radius 1 is 1.21 bits per heavy atom. The Morgan fingerprint density at radius 2 is 1.79 bits per heavy atom. The van der Waals surface area contributed by atoms with Gasteiger partial charge in [0.25, 0.3) is 0 Å². The Labute approximate surface area is 79.3 Å². The normalized spacial score (nSPS) is 21.2. The van der Waals surface area contributed by atoms with Crippen molar-refractivity contribution in [1.82, 2.24) is 0 Å². The highest BCUT2D eigenvalue weighted by Gasteiger charge is 2.27. The lowest BCUT2D eigenvalue weighted by molar-refractivity contribution is -0.134. The maximum Gasteiger partial charge on any atom is 0.335 e. The lowest BCUT2D eigenvalue weighted by Crippen LogP contribution is -2.22. The molecule has 1 aliphatic rings. The molecule has 5 heteroatoms. The molecule has 0 fully saturated rings. The predicted molar refractivity (Wildman–Crippen MR) is 45.6 cm³/mol. The van der Waals surface area contributed by atoms with Crippen LogP contribution in [0.2, 0.25) is 0 Å². The summed E-state index contributed by atoms with van der Waals surface area (Å²) in [6, 6.07) is 0. The zero-order chi connectivity index (χ0) is 10.9. The van der Waals surface area contributed by atoms with Gasteiger partial charge >= 0.3 is 11.9 Å². The molecular formula is C9H8O5. The van der Waals surface area contributed by atoms with E-state index in [0.29, 0.717) is 0 Å². The van der Waals surface area contributed by atoms with Gasteiger partial charge in [0.05, 0.1) is 11.5 Å². The molecule has 0 spiro atoms. The Hall–Kier alpha value is -1.91. The summed E-state index contributed by atoms with van der Waals surface area (Å²) in [6.07, 6.45) is 1.95. The van der Waals surface area contributed by atoms with Gasteiger partial charge in [0.2, 0.25) is 0 Å². The minimum Gasteiger partial charge on any atom is -0.478 e. The van der Waals surface area contributed by atoms with Crippen molar-refractivity contribution in [2.75, 3.05) is 0 Å². The first kappa shape index (κ1) is 10.2. The van der Waals surface area contributed by atoms with Crippen LogP contribution >= 0.6 is 0 Å². The standard InChI is InChI=1S/C9H8O5/c1-4-6(9(13)14)2-5(8(11)12)3-7(4)10/h2-4H,1H3,(H,11,12)(H,13,14). The van der Waals surface area contributed by atoms with Crippen LogP contribution in [0.25, 0.3) is 0 Å². The molecule has 0 aromatic rings. The van der Waals surface area contributed by atoms with E-state index < -0.39 is 23.6 Å². The molecule has 0 heterocycles. The lowest BCUT2D eigenvalue weighted by atomic mass is 9.89. The molecule has 0 saturated heterocycles. The van der Waals surface area contributed by atoms with Crippen molar-refractivity contribution in [3.8, 4) is 0 Å². The number of carbonyl (C=O) groups is 3. The van der Waals surface area contributed by atoms with E-state index in [1.54, 1.807) is 0 Å². The van der Waals surface area contributed by atoms with Crippen LogP contribution in [-0.2, 0) is 14.4 Å². The van der Waals surface area contributed by atoms with Crippen LogP contribution in [0.1, 0.15) is 6.92 Å². The summed E-state index contributed by atoms with van der Waals surface area (Å²) in [5.74, 6) is -3.85. The summed E-state index contributed by atoms with van der Waals surface area (Å²) < 4.78 is 0. The van der Waals surface area contributed by atoms with Gasteiger partial charge in [0.15, 0.2) is 5.78 Å². The second-order valence-corrected chi connectivity index (χ2v) is 2.93. The van der Waals surface area contributed by atoms with Crippen molar-refractivity contribution in [2.24, 2.45) is 5.92 Å². The van der Waals surface area contributed by atoms with Gasteiger partial charge in [-0.1, -0.05) is 6.92 Å². The van der Waals surface area contributed by atoms with Crippen LogP contribution in [-0.4, -0.2) is 27.9 Å². The van der Waals surface area contributed by atoms with E-state index in [2.05, 4.69) is 0 Å². The minimum absolute atomic E-state index is 0.185. The predicted octanol–water partition coefficient (Wildman–Crippen LogP) is 0.227. The van der Waals surface area contributed by atoms with Crippen molar-refractivity contribution < 1.29 is 24.6 Å². The molecule has 0 aromatic carbocycles. The molecule has 1 rings (SSSR count). The molecule has 2 N–H and O–H groups in total. The van der Waals surface area contributed by atoms with E-state index in [-0.39, 0.29) is 11.1 Å². The molecule has 5 nitrogen and oxygen atoms in total. The first-order chi connectivity index (χ1) is 6.43. The minimum atomic E-state index is -1.30. The highest BCUT2D eigenvalue weighted by Crippen LogP contribution is 2.21. The van der Waals surface area contributed by atoms with E-state index in [1.165, 1.54) is 6.92 Å². The average Bonchev–Trinajstić information content (AvgIpc) is 2.08. The van der Waals surface area contributed by atoms with Crippen LogP contribution in [0.4, 0.5) is 0 Å². The van der Waals surface area contributed by atoms with Gasteiger partial charge in [0, 0.05) is 5.57 Å². The maximum absolute atomic E-state index is 11.2. The lowest BCUT2D eigenvalue weighted by Gasteiger charge is -2.13. The maximum atomic E-state index is 11.2. The number of allylic oxidation sites excluding steroid dienone is 1. The molecule has 14 heavy (non-hydrogen) atoms. The van der Waals surface area contributed by atoms with E-state index in [9.17, 15) is 14.4 Å². The number of carboxylic acids is 2. The topological polar surface area (TPSA) is 91.7 Å². The Morgan fingerprint density at radius 3 is 2.21 bits per heavy atom. The van der Waals surface area contributed by atoms with Gasteiger partial charge in [-0.25, -0.2) is 9.59 Å². The van der Waals surface area contributed by atoms with E-state index >= 15 is 0 Å². The van der Waals surface area contributed by atoms with Crippen LogP contribution in [0.5, 0.6) is 0 Å². The number of hydrogen-bond donors (Lipinski definition) is 2. The number of hydrogen-bond acceptors (Lipinski definition) is 3. The summed E-state index contributed by atoms with van der Waals surface area (Å²) in [7, 11) is 0. The van der Waals surface area contributed by atoms with E-state index in [0.717, 1.165) is 12.2 Å². The molecule has 1 atom stereocenters. The van der Waals surface area contributed by atoms with Crippen molar-refractivity contribution in [3.63, 3.8) is 0 Å². The van der Waals surface area contributed by atoms with Gasteiger partial charge in [-0.15, -0.1) is 0 Å². The molecule has 0 radical (unpaired) electrons. The fourth-order valence-corrected chi connectivity index (χ4v) is 1.14. The highest BCUT2D eigenvalue weighted by molar-refractivity contribution is 6.09. The largest absolute Gasteiger partial charge is 0.478 e. The molecule has 0 aromatic heterocycles. The van der Waals surface area contributed by atoms with Gasteiger partial charge < -0.3 is 10.2 Å². The van der Waals surface area contributed by atoms with Crippen LogP contribution < -0.4 is 0 Å². The fourth-order valence-electron chi connectivity index (χ4n) is 1.14. The Bertz CT molecular complexity index is 375. The third-order valence-electron chi connectivity index (χ3n) is 2.00. The van der Waals surface area contributed by atoms with Crippen molar-refractivity contribution >= 4 is 17.7 Å². The van der Waals surface area contributed by atoms with Crippen molar-refractivity contribution in [3.05, 3.63) is 23.3 Å². The number of carboxylic acid groups (broad SMARTS) is 2. The molecule has 1 unspecified atom stereocenters. The SMILES string of the molecule is CC1C(=O)C=C(C(=O)O)C=C1C(=O)O. The smallest absolute Gasteiger partial charge is 0.335 e. The number of carbonyl (C=O) groups excluding carboxylic acids is 1. The third-order valence-corrected chi connectivity index (χ3v) is 2.00. The quantitative estimate of drug-likeness (QED) is 0.659. The average molecular weight is 196 g/mol. The summed E-state index contributed by atoms with van der Waals surface area (Å²) in [5.41, 5.74) is -0.472. The Balaban J connectivity index is 3.17. The van der Waals surface area contributed by atoms with Crippen LogP contribution in [0.15, 0.2) is 23.3 Å². The summed E-state index contributed by atoms with van der Waals surface area (Å²) >= 11 is 0. The second-order valence-electron chi connectivity index (χ2n) is 2.93. The molecule has 0 saturated carbocycles. The number of ketones is 1. The van der Waals surface area contributed by atoms with E-state index in [1.807, 2.05) is 0 Å².